The lowest BCUT2D eigenvalue weighted by molar-refractivity contribution is 0.0744. The van der Waals surface area contributed by atoms with Gasteiger partial charge in [0.15, 0.2) is 5.96 Å². The molecule has 0 radical (unpaired) electrons. The van der Waals surface area contributed by atoms with Gasteiger partial charge in [-0.15, -0.1) is 24.0 Å². The summed E-state index contributed by atoms with van der Waals surface area (Å²) in [5.74, 6) is 0.720. The van der Waals surface area contributed by atoms with E-state index in [1.165, 1.54) is 0 Å². The Kier molecular flexibility index (Phi) is 10.4. The molecule has 1 heterocycles. The van der Waals surface area contributed by atoms with Gasteiger partial charge >= 0.3 is 0 Å². The monoisotopic (exact) mass is 477 g/mol. The van der Waals surface area contributed by atoms with Gasteiger partial charge in [0, 0.05) is 25.7 Å². The molecule has 1 fully saturated rings. The molecule has 0 saturated carbocycles. The van der Waals surface area contributed by atoms with Crippen molar-refractivity contribution < 1.29 is 8.78 Å². The molecule has 0 aliphatic carbocycles. The van der Waals surface area contributed by atoms with Crippen LogP contribution in [0.5, 0.6) is 0 Å². The fourth-order valence-electron chi connectivity index (χ4n) is 2.88. The molecule has 0 unspecified atom stereocenters. The predicted octanol–water partition coefficient (Wildman–Crippen LogP) is 2.96. The minimum absolute atomic E-state index is 0. The summed E-state index contributed by atoms with van der Waals surface area (Å²) in [4.78, 5) is 6.38. The number of hydrogen-bond acceptors (Lipinski definition) is 3. The minimum atomic E-state index is -2.27. The van der Waals surface area contributed by atoms with Crippen molar-refractivity contribution in [3.05, 3.63) is 35.4 Å². The fraction of sp³-hybridized carbons (Fsp3) is 0.556. The molecule has 5 nitrogen and oxygen atoms in total. The van der Waals surface area contributed by atoms with E-state index < -0.39 is 6.43 Å². The summed E-state index contributed by atoms with van der Waals surface area (Å²) in [5, 5.41) is 15.6. The normalized spacial score (nSPS) is 16.0. The van der Waals surface area contributed by atoms with Gasteiger partial charge in [0.1, 0.15) is 0 Å². The van der Waals surface area contributed by atoms with E-state index in [2.05, 4.69) is 21.7 Å². The Hall–Kier alpha value is -1.47. The van der Waals surface area contributed by atoms with Gasteiger partial charge in [-0.2, -0.15) is 5.26 Å². The van der Waals surface area contributed by atoms with Gasteiger partial charge in [0.2, 0.25) is 0 Å². The number of halogens is 3. The Labute approximate surface area is 170 Å². The topological polar surface area (TPSA) is 63.5 Å². The molecule has 1 aromatic carbocycles. The molecule has 0 spiro atoms. The SMILES string of the molecule is CCNC(=NCc1cccc(C#N)c1)NC1CCN(CC(F)F)CC1.I. The van der Waals surface area contributed by atoms with E-state index in [1.54, 1.807) is 11.0 Å². The highest BCUT2D eigenvalue weighted by Gasteiger charge is 2.21. The molecule has 8 heteroatoms. The molecule has 0 bridgehead atoms. The molecule has 2 rings (SSSR count). The largest absolute Gasteiger partial charge is 0.357 e. The molecule has 1 saturated heterocycles. The second-order valence-electron chi connectivity index (χ2n) is 6.12. The smallest absolute Gasteiger partial charge is 0.251 e. The van der Waals surface area contributed by atoms with Crippen LogP contribution < -0.4 is 10.6 Å². The predicted molar refractivity (Wildman–Crippen MR) is 110 cm³/mol. The third-order valence-electron chi connectivity index (χ3n) is 4.14. The van der Waals surface area contributed by atoms with E-state index >= 15 is 0 Å². The average Bonchev–Trinajstić information content (AvgIpc) is 2.61. The zero-order valence-electron chi connectivity index (χ0n) is 14.9. The van der Waals surface area contributed by atoms with Crippen LogP contribution in [0.3, 0.4) is 0 Å². The molecule has 144 valence electrons. The third kappa shape index (κ3) is 7.83. The van der Waals surface area contributed by atoms with E-state index in [9.17, 15) is 8.78 Å². The van der Waals surface area contributed by atoms with Crippen molar-refractivity contribution in [3.63, 3.8) is 0 Å². The van der Waals surface area contributed by atoms with E-state index in [0.29, 0.717) is 25.2 Å². The van der Waals surface area contributed by atoms with Gasteiger partial charge in [0.25, 0.3) is 6.43 Å². The Morgan fingerprint density at radius 1 is 1.38 bits per heavy atom. The highest BCUT2D eigenvalue weighted by Crippen LogP contribution is 2.12. The van der Waals surface area contributed by atoms with Crippen LogP contribution in [0.15, 0.2) is 29.3 Å². The van der Waals surface area contributed by atoms with Crippen LogP contribution in [0, 0.1) is 11.3 Å². The average molecular weight is 477 g/mol. The Bertz CT molecular complexity index is 610. The highest BCUT2D eigenvalue weighted by molar-refractivity contribution is 14.0. The van der Waals surface area contributed by atoms with E-state index in [0.717, 1.165) is 30.9 Å². The van der Waals surface area contributed by atoms with Crippen molar-refractivity contribution in [1.29, 1.82) is 5.26 Å². The number of rotatable bonds is 6. The molecule has 1 aliphatic heterocycles. The summed E-state index contributed by atoms with van der Waals surface area (Å²) >= 11 is 0. The maximum Gasteiger partial charge on any atom is 0.251 e. The maximum atomic E-state index is 12.4. The molecular formula is C18H26F2IN5. The van der Waals surface area contributed by atoms with Gasteiger partial charge in [-0.1, -0.05) is 12.1 Å². The third-order valence-corrected chi connectivity index (χ3v) is 4.14. The van der Waals surface area contributed by atoms with Crippen LogP contribution in [-0.4, -0.2) is 49.5 Å². The first-order valence-electron chi connectivity index (χ1n) is 8.65. The van der Waals surface area contributed by atoms with Crippen LogP contribution in [0.25, 0.3) is 0 Å². The molecule has 0 amide bonds. The van der Waals surface area contributed by atoms with Crippen LogP contribution in [0.4, 0.5) is 8.78 Å². The number of benzene rings is 1. The summed E-state index contributed by atoms with van der Waals surface area (Å²) in [6.45, 7) is 4.43. The second-order valence-corrected chi connectivity index (χ2v) is 6.12. The van der Waals surface area contributed by atoms with Crippen LogP contribution in [0.1, 0.15) is 30.9 Å². The van der Waals surface area contributed by atoms with Crippen LogP contribution in [0.2, 0.25) is 0 Å². The van der Waals surface area contributed by atoms with E-state index in [4.69, 9.17) is 5.26 Å². The minimum Gasteiger partial charge on any atom is -0.357 e. The lowest BCUT2D eigenvalue weighted by Gasteiger charge is -2.32. The lowest BCUT2D eigenvalue weighted by atomic mass is 10.1. The Morgan fingerprint density at radius 2 is 2.12 bits per heavy atom. The van der Waals surface area contributed by atoms with Crippen molar-refractivity contribution in [1.82, 2.24) is 15.5 Å². The summed E-state index contributed by atoms with van der Waals surface area (Å²) in [6, 6.07) is 9.75. The van der Waals surface area contributed by atoms with Crippen molar-refractivity contribution in [3.8, 4) is 6.07 Å². The highest BCUT2D eigenvalue weighted by atomic mass is 127. The van der Waals surface area contributed by atoms with E-state index in [1.807, 2.05) is 25.1 Å². The van der Waals surface area contributed by atoms with Crippen molar-refractivity contribution in [2.75, 3.05) is 26.2 Å². The number of nitrogens with zero attached hydrogens (tertiary/aromatic N) is 3. The van der Waals surface area contributed by atoms with Crippen molar-refractivity contribution in [2.24, 2.45) is 4.99 Å². The number of piperidine rings is 1. The maximum absolute atomic E-state index is 12.4. The molecule has 2 N–H and O–H groups in total. The van der Waals surface area contributed by atoms with Gasteiger partial charge in [-0.3, -0.25) is 4.90 Å². The Balaban J connectivity index is 0.00000338. The van der Waals surface area contributed by atoms with Crippen molar-refractivity contribution >= 4 is 29.9 Å². The Morgan fingerprint density at radius 3 is 2.73 bits per heavy atom. The molecule has 26 heavy (non-hydrogen) atoms. The molecule has 1 aliphatic rings. The summed E-state index contributed by atoms with van der Waals surface area (Å²) in [7, 11) is 0. The van der Waals surface area contributed by atoms with Crippen LogP contribution in [-0.2, 0) is 6.54 Å². The molecule has 1 aromatic rings. The molecule has 0 atom stereocenters. The zero-order chi connectivity index (χ0) is 18.1. The van der Waals surface area contributed by atoms with Crippen LogP contribution >= 0.6 is 24.0 Å². The van der Waals surface area contributed by atoms with Gasteiger partial charge < -0.3 is 10.6 Å². The standard InChI is InChI=1S/C18H25F2N5.HI/c1-2-22-18(23-12-15-5-3-4-14(10-15)11-21)24-16-6-8-25(9-7-16)13-17(19)20;/h3-5,10,16-17H,2,6-9,12-13H2,1H3,(H2,22,23,24);1H. The number of aliphatic imine (C=N–C) groups is 1. The number of guanidine groups is 1. The van der Waals surface area contributed by atoms with Gasteiger partial charge in [-0.25, -0.2) is 13.8 Å². The first kappa shape index (κ1) is 22.6. The first-order chi connectivity index (χ1) is 12.1. The number of nitriles is 1. The second kappa shape index (κ2) is 12.0. The van der Waals surface area contributed by atoms with Gasteiger partial charge in [0.05, 0.1) is 24.7 Å². The fourth-order valence-corrected chi connectivity index (χ4v) is 2.88. The number of hydrogen-bond donors (Lipinski definition) is 2. The summed E-state index contributed by atoms with van der Waals surface area (Å²) in [5.41, 5.74) is 1.60. The summed E-state index contributed by atoms with van der Waals surface area (Å²) < 4.78 is 24.9. The quantitative estimate of drug-likeness (QED) is 0.376. The number of alkyl halides is 2. The molecule has 0 aromatic heterocycles. The summed E-state index contributed by atoms with van der Waals surface area (Å²) in [6.07, 6.45) is -0.630. The number of nitrogens with one attached hydrogen (secondary N) is 2. The first-order valence-corrected chi connectivity index (χ1v) is 8.65. The zero-order valence-corrected chi connectivity index (χ0v) is 17.3. The number of likely N-dealkylation sites (tertiary alicyclic amines) is 1. The van der Waals surface area contributed by atoms with Crippen molar-refractivity contribution in [2.45, 2.75) is 38.8 Å². The lowest BCUT2D eigenvalue weighted by Crippen LogP contribution is -2.49. The van der Waals surface area contributed by atoms with E-state index in [-0.39, 0.29) is 36.6 Å². The molecular weight excluding hydrogens is 451 g/mol. The van der Waals surface area contributed by atoms with Gasteiger partial charge in [-0.05, 0) is 37.5 Å².